The van der Waals surface area contributed by atoms with Crippen molar-refractivity contribution in [3.8, 4) is 0 Å². The van der Waals surface area contributed by atoms with E-state index in [0.717, 1.165) is 17.3 Å². The van der Waals surface area contributed by atoms with E-state index in [4.69, 9.17) is 4.52 Å². The van der Waals surface area contributed by atoms with Crippen LogP contribution in [0, 0.1) is 6.92 Å². The van der Waals surface area contributed by atoms with Crippen LogP contribution in [0.5, 0.6) is 0 Å². The third kappa shape index (κ3) is 2.41. The summed E-state index contributed by atoms with van der Waals surface area (Å²) in [4.78, 5) is 0. The molecule has 0 aliphatic rings. The highest BCUT2D eigenvalue weighted by atomic mass is 16.5. The van der Waals surface area contributed by atoms with E-state index in [2.05, 4.69) is 20.7 Å². The zero-order valence-corrected chi connectivity index (χ0v) is 8.77. The van der Waals surface area contributed by atoms with Crippen LogP contribution in [0.25, 0.3) is 0 Å². The Labute approximate surface area is 87.3 Å². The lowest BCUT2D eigenvalue weighted by Gasteiger charge is -2.00. The van der Waals surface area contributed by atoms with Crippen molar-refractivity contribution in [2.75, 3.05) is 0 Å². The first-order valence-corrected chi connectivity index (χ1v) is 4.71. The standard InChI is InChI=1S/C9H13N5O/c1-7-3-8(15-13-7)4-10-5-9-12-11-6-14(9)2/h3,6,10H,4-5H2,1-2H3. The Bertz CT molecular complexity index is 433. The molecule has 0 aliphatic carbocycles. The Morgan fingerprint density at radius 2 is 2.33 bits per heavy atom. The second-order valence-corrected chi connectivity index (χ2v) is 3.40. The van der Waals surface area contributed by atoms with Crippen LogP contribution in [0.3, 0.4) is 0 Å². The molecule has 6 nitrogen and oxygen atoms in total. The van der Waals surface area contributed by atoms with E-state index in [0.29, 0.717) is 13.1 Å². The van der Waals surface area contributed by atoms with Crippen LogP contribution in [-0.4, -0.2) is 19.9 Å². The Morgan fingerprint density at radius 1 is 1.47 bits per heavy atom. The molecule has 0 amide bonds. The van der Waals surface area contributed by atoms with Crippen molar-refractivity contribution >= 4 is 0 Å². The van der Waals surface area contributed by atoms with Crippen LogP contribution in [0.2, 0.25) is 0 Å². The predicted octanol–water partition coefficient (Wildman–Crippen LogP) is 0.401. The van der Waals surface area contributed by atoms with Crippen LogP contribution >= 0.6 is 0 Å². The van der Waals surface area contributed by atoms with Crippen molar-refractivity contribution < 1.29 is 4.52 Å². The molecule has 2 heterocycles. The van der Waals surface area contributed by atoms with Gasteiger partial charge in [-0.25, -0.2) is 0 Å². The molecule has 0 aliphatic heterocycles. The number of hydrogen-bond acceptors (Lipinski definition) is 5. The van der Waals surface area contributed by atoms with Gasteiger partial charge in [-0.2, -0.15) is 0 Å². The summed E-state index contributed by atoms with van der Waals surface area (Å²) in [6, 6.07) is 1.91. The molecule has 1 N–H and O–H groups in total. The maximum absolute atomic E-state index is 5.06. The molecule has 6 heteroatoms. The van der Waals surface area contributed by atoms with Crippen LogP contribution in [0.1, 0.15) is 17.3 Å². The van der Waals surface area contributed by atoms with Crippen molar-refractivity contribution in [2.24, 2.45) is 7.05 Å². The average molecular weight is 207 g/mol. The van der Waals surface area contributed by atoms with E-state index < -0.39 is 0 Å². The molecule has 0 fully saturated rings. The quantitative estimate of drug-likeness (QED) is 0.786. The second kappa shape index (κ2) is 4.22. The predicted molar refractivity (Wildman–Crippen MR) is 52.8 cm³/mol. The van der Waals surface area contributed by atoms with Gasteiger partial charge in [-0.1, -0.05) is 5.16 Å². The van der Waals surface area contributed by atoms with Gasteiger partial charge in [-0.15, -0.1) is 10.2 Å². The highest BCUT2D eigenvalue weighted by molar-refractivity contribution is 5.02. The summed E-state index contributed by atoms with van der Waals surface area (Å²) >= 11 is 0. The summed E-state index contributed by atoms with van der Waals surface area (Å²) < 4.78 is 6.93. The van der Waals surface area contributed by atoms with Crippen molar-refractivity contribution in [2.45, 2.75) is 20.0 Å². The number of nitrogens with one attached hydrogen (secondary N) is 1. The highest BCUT2D eigenvalue weighted by Gasteiger charge is 2.02. The number of hydrogen-bond donors (Lipinski definition) is 1. The molecule has 2 rings (SSSR count). The first-order valence-electron chi connectivity index (χ1n) is 4.71. The fourth-order valence-electron chi connectivity index (χ4n) is 1.26. The molecule has 2 aromatic rings. The fraction of sp³-hybridized carbons (Fsp3) is 0.444. The minimum Gasteiger partial charge on any atom is -0.360 e. The van der Waals surface area contributed by atoms with E-state index in [-0.39, 0.29) is 0 Å². The van der Waals surface area contributed by atoms with Crippen molar-refractivity contribution in [3.05, 3.63) is 29.7 Å². The minimum atomic E-state index is 0.647. The minimum absolute atomic E-state index is 0.647. The van der Waals surface area contributed by atoms with Gasteiger partial charge in [-0.3, -0.25) is 0 Å². The van der Waals surface area contributed by atoms with Gasteiger partial charge in [0, 0.05) is 13.1 Å². The van der Waals surface area contributed by atoms with Crippen LogP contribution in [-0.2, 0) is 20.1 Å². The zero-order chi connectivity index (χ0) is 10.7. The maximum atomic E-state index is 5.06. The first-order chi connectivity index (χ1) is 7.25. The lowest BCUT2D eigenvalue weighted by molar-refractivity contribution is 0.368. The lowest BCUT2D eigenvalue weighted by Crippen LogP contribution is -2.15. The summed E-state index contributed by atoms with van der Waals surface area (Å²) in [6.07, 6.45) is 1.68. The normalized spacial score (nSPS) is 10.8. The molecule has 80 valence electrons. The largest absolute Gasteiger partial charge is 0.360 e. The topological polar surface area (TPSA) is 68.8 Å². The molecule has 2 aromatic heterocycles. The molecule has 0 spiro atoms. The lowest BCUT2D eigenvalue weighted by atomic mass is 10.4. The number of nitrogens with zero attached hydrogens (tertiary/aromatic N) is 4. The maximum Gasteiger partial charge on any atom is 0.150 e. The molecule has 0 radical (unpaired) electrons. The van der Waals surface area contributed by atoms with Gasteiger partial charge in [0.05, 0.1) is 18.8 Å². The second-order valence-electron chi connectivity index (χ2n) is 3.40. The zero-order valence-electron chi connectivity index (χ0n) is 8.77. The molecular weight excluding hydrogens is 194 g/mol. The van der Waals surface area contributed by atoms with Crippen molar-refractivity contribution in [1.29, 1.82) is 0 Å². The van der Waals surface area contributed by atoms with E-state index in [1.54, 1.807) is 6.33 Å². The van der Waals surface area contributed by atoms with E-state index in [1.807, 2.05) is 24.6 Å². The highest BCUT2D eigenvalue weighted by Crippen LogP contribution is 2.01. The van der Waals surface area contributed by atoms with E-state index >= 15 is 0 Å². The summed E-state index contributed by atoms with van der Waals surface area (Å²) in [5, 5.41) is 14.7. The number of rotatable bonds is 4. The smallest absolute Gasteiger partial charge is 0.150 e. The Balaban J connectivity index is 1.83. The number of aryl methyl sites for hydroxylation is 2. The van der Waals surface area contributed by atoms with E-state index in [9.17, 15) is 0 Å². The molecule has 0 atom stereocenters. The molecule has 0 unspecified atom stereocenters. The van der Waals surface area contributed by atoms with Gasteiger partial charge in [0.15, 0.2) is 5.76 Å². The number of aromatic nitrogens is 4. The Hall–Kier alpha value is -1.69. The van der Waals surface area contributed by atoms with Gasteiger partial charge in [0.2, 0.25) is 0 Å². The van der Waals surface area contributed by atoms with Gasteiger partial charge in [0.1, 0.15) is 12.2 Å². The third-order valence-electron chi connectivity index (χ3n) is 2.06. The molecule has 15 heavy (non-hydrogen) atoms. The third-order valence-corrected chi connectivity index (χ3v) is 2.06. The summed E-state index contributed by atoms with van der Waals surface area (Å²) in [5.41, 5.74) is 0.894. The molecule has 0 bridgehead atoms. The van der Waals surface area contributed by atoms with Crippen LogP contribution in [0.15, 0.2) is 16.9 Å². The van der Waals surface area contributed by atoms with Gasteiger partial charge < -0.3 is 14.4 Å². The summed E-state index contributed by atoms with van der Waals surface area (Å²) in [5.74, 6) is 1.72. The van der Waals surface area contributed by atoms with E-state index in [1.165, 1.54) is 0 Å². The average Bonchev–Trinajstić information content (AvgIpc) is 2.77. The molecule has 0 aromatic carbocycles. The van der Waals surface area contributed by atoms with Crippen molar-refractivity contribution in [3.63, 3.8) is 0 Å². The summed E-state index contributed by atoms with van der Waals surface area (Å²) in [6.45, 7) is 3.21. The Morgan fingerprint density at radius 3 is 2.93 bits per heavy atom. The SMILES string of the molecule is Cc1cc(CNCc2nncn2C)on1. The fourth-order valence-corrected chi connectivity index (χ4v) is 1.26. The summed E-state index contributed by atoms with van der Waals surface area (Å²) in [7, 11) is 1.91. The van der Waals surface area contributed by atoms with Crippen molar-refractivity contribution in [1.82, 2.24) is 25.2 Å². The van der Waals surface area contributed by atoms with Gasteiger partial charge in [0.25, 0.3) is 0 Å². The first kappa shape index (κ1) is 9.85. The van der Waals surface area contributed by atoms with Gasteiger partial charge >= 0.3 is 0 Å². The van der Waals surface area contributed by atoms with Crippen LogP contribution in [0.4, 0.5) is 0 Å². The molecular formula is C9H13N5O. The Kier molecular flexibility index (Phi) is 2.77. The molecule has 0 saturated carbocycles. The van der Waals surface area contributed by atoms with Gasteiger partial charge in [-0.05, 0) is 6.92 Å². The monoisotopic (exact) mass is 207 g/mol. The molecule has 0 saturated heterocycles. The van der Waals surface area contributed by atoms with Crippen LogP contribution < -0.4 is 5.32 Å².